The summed E-state index contributed by atoms with van der Waals surface area (Å²) < 4.78 is 5.62. The molecule has 1 unspecified atom stereocenters. The van der Waals surface area contributed by atoms with Crippen LogP contribution in [0.15, 0.2) is 47.1 Å². The Hall–Kier alpha value is -2.62. The first-order valence-electron chi connectivity index (χ1n) is 6.96. The Balaban J connectivity index is 1.87. The number of benzene rings is 2. The van der Waals surface area contributed by atoms with Crippen LogP contribution in [0.2, 0.25) is 0 Å². The van der Waals surface area contributed by atoms with Crippen molar-refractivity contribution in [2.45, 2.75) is 18.8 Å². The molecular formula is C17H13NO3. The molecule has 1 atom stereocenters. The SMILES string of the molecule is O=C1CCC(c2coc3cc4ccccc4cc23)C(=O)N1. The summed E-state index contributed by atoms with van der Waals surface area (Å²) in [5.74, 6) is -0.748. The summed E-state index contributed by atoms with van der Waals surface area (Å²) in [7, 11) is 0. The molecule has 4 nitrogen and oxygen atoms in total. The molecule has 1 fully saturated rings. The van der Waals surface area contributed by atoms with Crippen LogP contribution in [0.1, 0.15) is 24.3 Å². The predicted octanol–water partition coefficient (Wildman–Crippen LogP) is 3.11. The lowest BCUT2D eigenvalue weighted by Crippen LogP contribution is -2.39. The zero-order chi connectivity index (χ0) is 14.4. The Labute approximate surface area is 120 Å². The molecule has 2 heterocycles. The number of imide groups is 1. The third-order valence-corrected chi connectivity index (χ3v) is 4.09. The third-order valence-electron chi connectivity index (χ3n) is 4.09. The number of amides is 2. The lowest BCUT2D eigenvalue weighted by Gasteiger charge is -2.19. The zero-order valence-electron chi connectivity index (χ0n) is 11.3. The van der Waals surface area contributed by atoms with Crippen molar-refractivity contribution < 1.29 is 14.0 Å². The number of furan rings is 1. The van der Waals surface area contributed by atoms with Crippen LogP contribution in [0.3, 0.4) is 0 Å². The van der Waals surface area contributed by atoms with E-state index in [9.17, 15) is 9.59 Å². The average molecular weight is 279 g/mol. The Bertz CT molecular complexity index is 878. The maximum absolute atomic E-state index is 12.0. The van der Waals surface area contributed by atoms with Crippen molar-refractivity contribution in [1.29, 1.82) is 0 Å². The lowest BCUT2D eigenvalue weighted by molar-refractivity contribution is -0.134. The summed E-state index contributed by atoms with van der Waals surface area (Å²) in [6.45, 7) is 0. The van der Waals surface area contributed by atoms with E-state index in [0.717, 1.165) is 27.3 Å². The van der Waals surface area contributed by atoms with E-state index in [1.54, 1.807) is 6.26 Å². The third kappa shape index (κ3) is 1.91. The van der Waals surface area contributed by atoms with Gasteiger partial charge in [-0.2, -0.15) is 0 Å². The van der Waals surface area contributed by atoms with Crippen LogP contribution in [-0.2, 0) is 9.59 Å². The fourth-order valence-electron chi connectivity index (χ4n) is 2.99. The molecular weight excluding hydrogens is 266 g/mol. The van der Waals surface area contributed by atoms with Gasteiger partial charge in [0.1, 0.15) is 5.58 Å². The molecule has 0 bridgehead atoms. The van der Waals surface area contributed by atoms with Gasteiger partial charge in [-0.1, -0.05) is 24.3 Å². The van der Waals surface area contributed by atoms with Gasteiger partial charge in [-0.05, 0) is 29.3 Å². The topological polar surface area (TPSA) is 59.3 Å². The van der Waals surface area contributed by atoms with Crippen LogP contribution in [0, 0.1) is 0 Å². The van der Waals surface area contributed by atoms with E-state index in [-0.39, 0.29) is 17.7 Å². The van der Waals surface area contributed by atoms with Gasteiger partial charge in [-0.3, -0.25) is 14.9 Å². The summed E-state index contributed by atoms with van der Waals surface area (Å²) in [4.78, 5) is 23.3. The van der Waals surface area contributed by atoms with Gasteiger partial charge in [0, 0.05) is 17.4 Å². The van der Waals surface area contributed by atoms with Gasteiger partial charge in [-0.25, -0.2) is 0 Å². The second kappa shape index (κ2) is 4.45. The van der Waals surface area contributed by atoms with Gasteiger partial charge in [0.2, 0.25) is 11.8 Å². The van der Waals surface area contributed by atoms with Crippen molar-refractivity contribution in [2.75, 3.05) is 0 Å². The summed E-state index contributed by atoms with van der Waals surface area (Å²) in [6.07, 6.45) is 2.55. The lowest BCUT2D eigenvalue weighted by atomic mass is 9.90. The van der Waals surface area contributed by atoms with E-state index in [2.05, 4.69) is 5.32 Å². The molecule has 104 valence electrons. The minimum absolute atomic E-state index is 0.200. The first-order chi connectivity index (χ1) is 10.2. The summed E-state index contributed by atoms with van der Waals surface area (Å²) in [5.41, 5.74) is 1.63. The maximum atomic E-state index is 12.0. The van der Waals surface area contributed by atoms with E-state index in [1.807, 2.05) is 36.4 Å². The molecule has 21 heavy (non-hydrogen) atoms. The largest absolute Gasteiger partial charge is 0.464 e. The Morgan fingerprint density at radius 1 is 1.10 bits per heavy atom. The highest BCUT2D eigenvalue weighted by Crippen LogP contribution is 2.34. The maximum Gasteiger partial charge on any atom is 0.234 e. The summed E-state index contributed by atoms with van der Waals surface area (Å²) in [5, 5.41) is 5.56. The number of piperidine rings is 1. The zero-order valence-corrected chi connectivity index (χ0v) is 11.3. The molecule has 1 aliphatic rings. The van der Waals surface area contributed by atoms with Crippen molar-refractivity contribution in [2.24, 2.45) is 0 Å². The number of nitrogens with one attached hydrogen (secondary N) is 1. The highest BCUT2D eigenvalue weighted by atomic mass is 16.3. The van der Waals surface area contributed by atoms with Crippen molar-refractivity contribution >= 4 is 33.6 Å². The molecule has 0 spiro atoms. The normalized spacial score (nSPS) is 19.1. The van der Waals surface area contributed by atoms with E-state index < -0.39 is 0 Å². The number of hydrogen-bond acceptors (Lipinski definition) is 3. The van der Waals surface area contributed by atoms with Crippen LogP contribution in [-0.4, -0.2) is 11.8 Å². The molecule has 0 saturated carbocycles. The standard InChI is InChI=1S/C17H13NO3/c19-16-6-5-12(17(20)18-16)14-9-21-15-8-11-4-2-1-3-10(11)7-13(14)15/h1-4,7-9,12H,5-6H2,(H,18,19,20). The van der Waals surface area contributed by atoms with E-state index >= 15 is 0 Å². The summed E-state index contributed by atoms with van der Waals surface area (Å²) >= 11 is 0. The minimum Gasteiger partial charge on any atom is -0.464 e. The molecule has 2 aromatic carbocycles. The van der Waals surface area contributed by atoms with Crippen LogP contribution >= 0.6 is 0 Å². The van der Waals surface area contributed by atoms with Gasteiger partial charge in [-0.15, -0.1) is 0 Å². The number of carbonyl (C=O) groups excluding carboxylic acids is 2. The minimum atomic E-state index is -0.315. The molecule has 2 amide bonds. The molecule has 1 saturated heterocycles. The van der Waals surface area contributed by atoms with Crippen LogP contribution < -0.4 is 5.32 Å². The van der Waals surface area contributed by atoms with E-state index in [0.29, 0.717) is 12.8 Å². The molecule has 1 aromatic heterocycles. The van der Waals surface area contributed by atoms with Gasteiger partial charge in [0.15, 0.2) is 0 Å². The molecule has 0 aliphatic carbocycles. The van der Waals surface area contributed by atoms with E-state index in [4.69, 9.17) is 4.42 Å². The fourth-order valence-corrected chi connectivity index (χ4v) is 2.99. The monoisotopic (exact) mass is 279 g/mol. The fraction of sp³-hybridized carbons (Fsp3) is 0.176. The number of rotatable bonds is 1. The van der Waals surface area contributed by atoms with Crippen LogP contribution in [0.25, 0.3) is 21.7 Å². The van der Waals surface area contributed by atoms with Gasteiger partial charge in [0.25, 0.3) is 0 Å². The quantitative estimate of drug-likeness (QED) is 0.696. The second-order valence-electron chi connectivity index (χ2n) is 5.39. The molecule has 4 heteroatoms. The Morgan fingerprint density at radius 3 is 2.62 bits per heavy atom. The highest BCUT2D eigenvalue weighted by molar-refractivity contribution is 6.04. The van der Waals surface area contributed by atoms with Crippen molar-refractivity contribution in [3.8, 4) is 0 Å². The first-order valence-corrected chi connectivity index (χ1v) is 6.96. The highest BCUT2D eigenvalue weighted by Gasteiger charge is 2.30. The Morgan fingerprint density at radius 2 is 1.86 bits per heavy atom. The smallest absolute Gasteiger partial charge is 0.234 e. The molecule has 0 radical (unpaired) electrons. The van der Waals surface area contributed by atoms with Crippen LogP contribution in [0.5, 0.6) is 0 Å². The summed E-state index contributed by atoms with van der Waals surface area (Å²) in [6, 6.07) is 12.1. The molecule has 1 aliphatic heterocycles. The van der Waals surface area contributed by atoms with Gasteiger partial charge < -0.3 is 4.42 Å². The van der Waals surface area contributed by atoms with Crippen LogP contribution in [0.4, 0.5) is 0 Å². The van der Waals surface area contributed by atoms with Crippen molar-refractivity contribution in [1.82, 2.24) is 5.32 Å². The van der Waals surface area contributed by atoms with Crippen molar-refractivity contribution in [3.05, 3.63) is 48.2 Å². The van der Waals surface area contributed by atoms with Gasteiger partial charge in [0.05, 0.1) is 12.2 Å². The molecule has 4 rings (SSSR count). The average Bonchev–Trinajstić information content (AvgIpc) is 2.88. The second-order valence-corrected chi connectivity index (χ2v) is 5.39. The predicted molar refractivity (Wildman–Crippen MR) is 78.8 cm³/mol. The number of carbonyl (C=O) groups is 2. The first kappa shape index (κ1) is 12.1. The van der Waals surface area contributed by atoms with Crippen molar-refractivity contribution in [3.63, 3.8) is 0 Å². The Kier molecular flexibility index (Phi) is 2.57. The van der Waals surface area contributed by atoms with E-state index in [1.165, 1.54) is 0 Å². The van der Waals surface area contributed by atoms with Gasteiger partial charge >= 0.3 is 0 Å². The number of hydrogen-bond donors (Lipinski definition) is 1. The molecule has 3 aromatic rings. The molecule has 1 N–H and O–H groups in total. The number of fused-ring (bicyclic) bond motifs is 2.